The highest BCUT2D eigenvalue weighted by Crippen LogP contribution is 2.26. The van der Waals surface area contributed by atoms with Crippen molar-refractivity contribution < 1.29 is 14.3 Å². The minimum absolute atomic E-state index is 0.0485. The molecule has 0 fully saturated rings. The molecule has 0 amide bonds. The molecule has 0 unspecified atom stereocenters. The smallest absolute Gasteiger partial charge is 0.336 e. The zero-order chi connectivity index (χ0) is 13.8. The number of hydrogen-bond donors (Lipinski definition) is 2. The van der Waals surface area contributed by atoms with E-state index in [0.717, 1.165) is 0 Å². The van der Waals surface area contributed by atoms with Crippen LogP contribution >= 0.6 is 15.9 Å². The second-order valence-electron chi connectivity index (χ2n) is 3.82. The summed E-state index contributed by atoms with van der Waals surface area (Å²) in [6.07, 6.45) is 5.14. The fraction of sp³-hybridized carbons (Fsp3) is 0.167. The first-order chi connectivity index (χ1) is 9.09. The summed E-state index contributed by atoms with van der Waals surface area (Å²) < 4.78 is 15.7. The van der Waals surface area contributed by atoms with Gasteiger partial charge in [-0.15, -0.1) is 0 Å². The standard InChI is InChI=1S/C12H11BrFN3O2/c13-10-8(12(18)19)1-2-9(11(10)14)16-4-6-17-5-3-15-7-17/h1-3,5,7,16H,4,6H2,(H,18,19). The predicted octanol–water partition coefficient (Wildman–Crippen LogP) is 2.60. The second kappa shape index (κ2) is 5.83. The lowest BCUT2D eigenvalue weighted by atomic mass is 10.2. The molecule has 2 N–H and O–H groups in total. The molecule has 0 aliphatic heterocycles. The number of halogens is 2. The van der Waals surface area contributed by atoms with Crippen molar-refractivity contribution in [1.29, 1.82) is 0 Å². The largest absolute Gasteiger partial charge is 0.478 e. The molecule has 2 aromatic rings. The third kappa shape index (κ3) is 3.11. The fourth-order valence-corrected chi connectivity index (χ4v) is 2.11. The first-order valence-electron chi connectivity index (χ1n) is 5.50. The third-order valence-electron chi connectivity index (χ3n) is 2.56. The van der Waals surface area contributed by atoms with Crippen LogP contribution < -0.4 is 5.32 Å². The summed E-state index contributed by atoms with van der Waals surface area (Å²) in [7, 11) is 0. The van der Waals surface area contributed by atoms with E-state index in [2.05, 4.69) is 26.2 Å². The number of carboxylic acids is 1. The Labute approximate surface area is 117 Å². The molecule has 0 atom stereocenters. The Morgan fingerprint density at radius 3 is 2.95 bits per heavy atom. The van der Waals surface area contributed by atoms with E-state index in [-0.39, 0.29) is 15.7 Å². The molecule has 0 aliphatic rings. The number of nitrogens with zero attached hydrogens (tertiary/aromatic N) is 2. The van der Waals surface area contributed by atoms with Gasteiger partial charge in [-0.25, -0.2) is 14.2 Å². The molecule has 0 saturated heterocycles. The molecule has 1 heterocycles. The first-order valence-corrected chi connectivity index (χ1v) is 6.30. The van der Waals surface area contributed by atoms with Crippen molar-refractivity contribution in [3.05, 3.63) is 46.7 Å². The molecule has 0 aliphatic carbocycles. The maximum Gasteiger partial charge on any atom is 0.336 e. The zero-order valence-electron chi connectivity index (χ0n) is 9.81. The Hall–Kier alpha value is -1.89. The molecule has 0 radical (unpaired) electrons. The van der Waals surface area contributed by atoms with Crippen LogP contribution in [0.5, 0.6) is 0 Å². The fourth-order valence-electron chi connectivity index (χ4n) is 1.59. The molecular formula is C12H11BrFN3O2. The molecule has 2 rings (SSSR count). The molecule has 7 heteroatoms. The predicted molar refractivity (Wildman–Crippen MR) is 71.8 cm³/mol. The van der Waals surface area contributed by atoms with Gasteiger partial charge in [-0.3, -0.25) is 0 Å². The topological polar surface area (TPSA) is 67.2 Å². The van der Waals surface area contributed by atoms with Gasteiger partial charge in [0.25, 0.3) is 0 Å². The molecule has 0 bridgehead atoms. The van der Waals surface area contributed by atoms with Gasteiger partial charge >= 0.3 is 5.97 Å². The van der Waals surface area contributed by atoms with Crippen LogP contribution in [-0.4, -0.2) is 27.2 Å². The molecule has 19 heavy (non-hydrogen) atoms. The number of imidazole rings is 1. The molecular weight excluding hydrogens is 317 g/mol. The third-order valence-corrected chi connectivity index (χ3v) is 3.33. The van der Waals surface area contributed by atoms with E-state index in [1.165, 1.54) is 12.1 Å². The van der Waals surface area contributed by atoms with Crippen molar-refractivity contribution in [1.82, 2.24) is 9.55 Å². The van der Waals surface area contributed by atoms with E-state index < -0.39 is 11.8 Å². The number of anilines is 1. The van der Waals surface area contributed by atoms with Crippen LogP contribution in [0, 0.1) is 5.82 Å². The van der Waals surface area contributed by atoms with E-state index in [1.54, 1.807) is 12.5 Å². The molecule has 1 aromatic heterocycles. The quantitative estimate of drug-likeness (QED) is 0.885. The molecule has 0 spiro atoms. The number of benzene rings is 1. The van der Waals surface area contributed by atoms with Crippen LogP contribution in [0.4, 0.5) is 10.1 Å². The minimum atomic E-state index is -1.17. The average Bonchev–Trinajstić information content (AvgIpc) is 2.87. The Kier molecular flexibility index (Phi) is 4.16. The normalized spacial score (nSPS) is 10.4. The van der Waals surface area contributed by atoms with Gasteiger partial charge in [0.2, 0.25) is 0 Å². The van der Waals surface area contributed by atoms with Gasteiger partial charge in [0, 0.05) is 25.5 Å². The number of rotatable bonds is 5. The number of carbonyl (C=O) groups is 1. The van der Waals surface area contributed by atoms with Crippen LogP contribution in [0.3, 0.4) is 0 Å². The number of nitrogens with one attached hydrogen (secondary N) is 1. The van der Waals surface area contributed by atoms with E-state index in [4.69, 9.17) is 5.11 Å². The average molecular weight is 328 g/mol. The Morgan fingerprint density at radius 1 is 1.53 bits per heavy atom. The lowest BCUT2D eigenvalue weighted by Gasteiger charge is -2.10. The summed E-state index contributed by atoms with van der Waals surface area (Å²) in [5, 5.41) is 11.8. The minimum Gasteiger partial charge on any atom is -0.478 e. The van der Waals surface area contributed by atoms with Crippen LogP contribution in [0.25, 0.3) is 0 Å². The monoisotopic (exact) mass is 327 g/mol. The van der Waals surface area contributed by atoms with Crippen molar-refractivity contribution in [2.45, 2.75) is 6.54 Å². The first kappa shape index (κ1) is 13.5. The van der Waals surface area contributed by atoms with E-state index >= 15 is 0 Å². The van der Waals surface area contributed by atoms with Crippen molar-refractivity contribution in [2.75, 3.05) is 11.9 Å². The Morgan fingerprint density at radius 2 is 2.32 bits per heavy atom. The summed E-state index contributed by atoms with van der Waals surface area (Å²) in [6, 6.07) is 2.77. The summed E-state index contributed by atoms with van der Waals surface area (Å²) in [6.45, 7) is 1.14. The lowest BCUT2D eigenvalue weighted by molar-refractivity contribution is 0.0695. The van der Waals surface area contributed by atoms with Gasteiger partial charge in [-0.2, -0.15) is 0 Å². The lowest BCUT2D eigenvalue weighted by Crippen LogP contribution is -2.11. The van der Waals surface area contributed by atoms with Gasteiger partial charge in [-0.1, -0.05) is 0 Å². The van der Waals surface area contributed by atoms with E-state index in [0.29, 0.717) is 13.1 Å². The molecule has 100 valence electrons. The zero-order valence-corrected chi connectivity index (χ0v) is 11.4. The number of aromatic carboxylic acids is 1. The summed E-state index contributed by atoms with van der Waals surface area (Å²) in [4.78, 5) is 14.7. The Balaban J connectivity index is 2.05. The summed E-state index contributed by atoms with van der Waals surface area (Å²) in [5.41, 5.74) is 0.162. The number of carboxylic acid groups (broad SMARTS) is 1. The van der Waals surface area contributed by atoms with Crippen molar-refractivity contribution in [3.63, 3.8) is 0 Å². The van der Waals surface area contributed by atoms with Gasteiger partial charge in [0.1, 0.15) is 0 Å². The van der Waals surface area contributed by atoms with Gasteiger partial charge in [-0.05, 0) is 28.1 Å². The molecule has 1 aromatic carbocycles. The van der Waals surface area contributed by atoms with Crippen LogP contribution in [0.15, 0.2) is 35.3 Å². The van der Waals surface area contributed by atoms with Crippen molar-refractivity contribution >= 4 is 27.6 Å². The summed E-state index contributed by atoms with van der Waals surface area (Å²) >= 11 is 2.95. The Bertz CT molecular complexity index is 587. The summed E-state index contributed by atoms with van der Waals surface area (Å²) in [5.74, 6) is -1.78. The van der Waals surface area contributed by atoms with Crippen LogP contribution in [0.1, 0.15) is 10.4 Å². The van der Waals surface area contributed by atoms with Gasteiger partial charge in [0.15, 0.2) is 5.82 Å². The maximum absolute atomic E-state index is 13.9. The van der Waals surface area contributed by atoms with Gasteiger partial charge < -0.3 is 15.0 Å². The van der Waals surface area contributed by atoms with Crippen molar-refractivity contribution in [3.8, 4) is 0 Å². The number of hydrogen-bond acceptors (Lipinski definition) is 3. The molecule has 0 saturated carbocycles. The SMILES string of the molecule is O=C(O)c1ccc(NCCn2ccnc2)c(F)c1Br. The van der Waals surface area contributed by atoms with E-state index in [9.17, 15) is 9.18 Å². The highest BCUT2D eigenvalue weighted by Gasteiger charge is 2.15. The molecule has 5 nitrogen and oxygen atoms in total. The van der Waals surface area contributed by atoms with E-state index in [1.807, 2.05) is 10.8 Å². The second-order valence-corrected chi connectivity index (χ2v) is 4.61. The van der Waals surface area contributed by atoms with Crippen molar-refractivity contribution in [2.24, 2.45) is 0 Å². The maximum atomic E-state index is 13.9. The number of aromatic nitrogens is 2. The van der Waals surface area contributed by atoms with Crippen LogP contribution in [0.2, 0.25) is 0 Å². The highest BCUT2D eigenvalue weighted by atomic mass is 79.9. The highest BCUT2D eigenvalue weighted by molar-refractivity contribution is 9.10. The van der Waals surface area contributed by atoms with Crippen LogP contribution in [-0.2, 0) is 6.54 Å². The van der Waals surface area contributed by atoms with Gasteiger partial charge in [0.05, 0.1) is 22.1 Å².